The second kappa shape index (κ2) is 6.52. The molecule has 1 aromatic rings. The van der Waals surface area contributed by atoms with Crippen molar-refractivity contribution in [3.05, 3.63) is 29.8 Å². The Morgan fingerprint density at radius 3 is 2.12 bits per heavy atom. The number of hydrogen-bond donors (Lipinski definition) is 0. The summed E-state index contributed by atoms with van der Waals surface area (Å²) < 4.78 is 41.0. The van der Waals surface area contributed by atoms with Crippen molar-refractivity contribution in [3.63, 3.8) is 0 Å². The fourth-order valence-corrected chi connectivity index (χ4v) is 6.59. The van der Waals surface area contributed by atoms with Crippen LogP contribution in [0, 0.1) is 12.3 Å². The molecular formula is C17H25NO4S2. The van der Waals surface area contributed by atoms with Crippen molar-refractivity contribution in [1.29, 1.82) is 0 Å². The minimum atomic E-state index is -3.58. The number of aryl methyl sites for hydroxylation is 1. The van der Waals surface area contributed by atoms with E-state index in [4.69, 9.17) is 9.47 Å². The fraction of sp³-hybridized carbons (Fsp3) is 0.647. The Bertz CT molecular complexity index is 716. The Labute approximate surface area is 146 Å². The van der Waals surface area contributed by atoms with Crippen molar-refractivity contribution in [1.82, 2.24) is 0 Å². The van der Waals surface area contributed by atoms with E-state index in [9.17, 15) is 8.42 Å². The summed E-state index contributed by atoms with van der Waals surface area (Å²) in [5, 5.41) is 0. The van der Waals surface area contributed by atoms with E-state index in [1.165, 1.54) is 0 Å². The van der Waals surface area contributed by atoms with Crippen LogP contribution in [0.4, 0.5) is 0 Å². The Balaban J connectivity index is 1.68. The third-order valence-electron chi connectivity index (χ3n) is 4.41. The van der Waals surface area contributed by atoms with Crippen molar-refractivity contribution >= 4 is 20.7 Å². The summed E-state index contributed by atoms with van der Waals surface area (Å²) >= 11 is 0. The van der Waals surface area contributed by atoms with E-state index in [0.717, 1.165) is 5.56 Å². The predicted octanol–water partition coefficient (Wildman–Crippen LogP) is 3.05. The zero-order valence-corrected chi connectivity index (χ0v) is 16.1. The topological polar surface area (TPSA) is 65.0 Å². The van der Waals surface area contributed by atoms with Gasteiger partial charge in [-0.1, -0.05) is 42.2 Å². The van der Waals surface area contributed by atoms with E-state index < -0.39 is 26.5 Å². The molecule has 2 aliphatic heterocycles. The van der Waals surface area contributed by atoms with Crippen LogP contribution >= 0.6 is 0 Å². The number of rotatable bonds is 2. The molecule has 0 aromatic heterocycles. The zero-order valence-electron chi connectivity index (χ0n) is 14.4. The van der Waals surface area contributed by atoms with Gasteiger partial charge in [-0.15, -0.1) is 3.77 Å². The van der Waals surface area contributed by atoms with Gasteiger partial charge in [-0.2, -0.15) is 8.42 Å². The molecule has 2 aliphatic rings. The molecule has 1 spiro atoms. The smallest absolute Gasteiger partial charge is 0.287 e. The van der Waals surface area contributed by atoms with E-state index in [1.54, 1.807) is 24.3 Å². The SMILES string of the molecule is Cc1ccc(S(=O)(=O)N=S2CCC3(CC2)OCC(C)(C)CO3)cc1. The zero-order chi connectivity index (χ0) is 17.4. The van der Waals surface area contributed by atoms with Gasteiger partial charge in [0, 0.05) is 29.8 Å². The summed E-state index contributed by atoms with van der Waals surface area (Å²) in [7, 11) is -4.07. The molecule has 0 unspecified atom stereocenters. The molecule has 0 N–H and O–H groups in total. The van der Waals surface area contributed by atoms with Gasteiger partial charge < -0.3 is 9.47 Å². The van der Waals surface area contributed by atoms with Gasteiger partial charge in [-0.3, -0.25) is 0 Å². The maximum Gasteiger partial charge on any atom is 0.287 e. The molecule has 0 aliphatic carbocycles. The molecule has 0 saturated carbocycles. The van der Waals surface area contributed by atoms with Crippen molar-refractivity contribution < 1.29 is 17.9 Å². The van der Waals surface area contributed by atoms with Crippen LogP contribution in [0.1, 0.15) is 32.3 Å². The number of nitrogens with zero attached hydrogens (tertiary/aromatic N) is 1. The summed E-state index contributed by atoms with van der Waals surface area (Å²) in [6.45, 7) is 7.54. The third kappa shape index (κ3) is 4.07. The lowest BCUT2D eigenvalue weighted by atomic mass is 9.94. The van der Waals surface area contributed by atoms with Crippen LogP contribution in [-0.2, 0) is 30.2 Å². The Hall–Kier alpha value is -0.760. The Kier molecular flexibility index (Phi) is 4.90. The summed E-state index contributed by atoms with van der Waals surface area (Å²) in [6, 6.07) is 6.84. The number of ether oxygens (including phenoxy) is 2. The molecule has 2 fully saturated rings. The van der Waals surface area contributed by atoms with Gasteiger partial charge in [0.25, 0.3) is 10.0 Å². The van der Waals surface area contributed by atoms with Crippen LogP contribution in [0.5, 0.6) is 0 Å². The lowest BCUT2D eigenvalue weighted by Gasteiger charge is -2.45. The molecular weight excluding hydrogens is 346 g/mol. The Morgan fingerprint density at radius 1 is 1.04 bits per heavy atom. The highest BCUT2D eigenvalue weighted by atomic mass is 32.3. The van der Waals surface area contributed by atoms with Gasteiger partial charge in [0.1, 0.15) is 0 Å². The second-order valence-electron chi connectivity index (χ2n) is 7.39. The lowest BCUT2D eigenvalue weighted by molar-refractivity contribution is -0.301. The molecule has 1 aromatic carbocycles. The third-order valence-corrected chi connectivity index (χ3v) is 8.26. The quantitative estimate of drug-likeness (QED) is 0.801. The highest BCUT2D eigenvalue weighted by Crippen LogP contribution is 2.36. The van der Waals surface area contributed by atoms with Gasteiger partial charge in [-0.25, -0.2) is 0 Å². The summed E-state index contributed by atoms with van der Waals surface area (Å²) in [5.74, 6) is 0.874. The number of hydrogen-bond acceptors (Lipinski definition) is 4. The van der Waals surface area contributed by atoms with Gasteiger partial charge in [-0.05, 0) is 19.1 Å². The molecule has 3 rings (SSSR count). The first-order valence-electron chi connectivity index (χ1n) is 8.20. The highest BCUT2D eigenvalue weighted by molar-refractivity contribution is 8.00. The van der Waals surface area contributed by atoms with Gasteiger partial charge in [0.15, 0.2) is 5.79 Å². The van der Waals surface area contributed by atoms with Crippen LogP contribution in [-0.4, -0.2) is 38.9 Å². The average Bonchev–Trinajstić information content (AvgIpc) is 2.53. The Morgan fingerprint density at radius 2 is 1.58 bits per heavy atom. The largest absolute Gasteiger partial charge is 0.349 e. The molecule has 2 saturated heterocycles. The van der Waals surface area contributed by atoms with E-state index >= 15 is 0 Å². The minimum absolute atomic E-state index is 0.0452. The van der Waals surface area contributed by atoms with E-state index in [1.807, 2.05) is 6.92 Å². The van der Waals surface area contributed by atoms with Crippen molar-refractivity contribution in [2.45, 2.75) is 44.3 Å². The van der Waals surface area contributed by atoms with Gasteiger partial charge >= 0.3 is 0 Å². The van der Waals surface area contributed by atoms with E-state index in [2.05, 4.69) is 17.6 Å². The van der Waals surface area contributed by atoms with E-state index in [0.29, 0.717) is 37.6 Å². The number of sulfonamides is 1. The van der Waals surface area contributed by atoms with Crippen molar-refractivity contribution in [3.8, 4) is 0 Å². The first-order chi connectivity index (χ1) is 11.2. The first-order valence-corrected chi connectivity index (χ1v) is 11.2. The maximum atomic E-state index is 12.4. The van der Waals surface area contributed by atoms with Crippen molar-refractivity contribution in [2.75, 3.05) is 24.7 Å². The molecule has 5 nitrogen and oxygen atoms in total. The monoisotopic (exact) mass is 371 g/mol. The van der Waals surface area contributed by atoms with Crippen LogP contribution in [0.15, 0.2) is 32.9 Å². The van der Waals surface area contributed by atoms with Crippen LogP contribution < -0.4 is 0 Å². The highest BCUT2D eigenvalue weighted by Gasteiger charge is 2.42. The predicted molar refractivity (Wildman–Crippen MR) is 95.5 cm³/mol. The standard InChI is InChI=1S/C17H25NO4S2/c1-14-4-6-15(7-5-14)24(19,20)18-23-10-8-17(9-11-23)21-12-16(2,3)13-22-17/h4-7H,8-13H2,1-3H3. The van der Waals surface area contributed by atoms with Crippen LogP contribution in [0.25, 0.3) is 0 Å². The molecule has 134 valence electrons. The van der Waals surface area contributed by atoms with Gasteiger partial charge in [0.05, 0.1) is 18.1 Å². The second-order valence-corrected chi connectivity index (χ2v) is 11.1. The molecule has 2 heterocycles. The molecule has 24 heavy (non-hydrogen) atoms. The minimum Gasteiger partial charge on any atom is -0.349 e. The van der Waals surface area contributed by atoms with Gasteiger partial charge in [0.2, 0.25) is 0 Å². The van der Waals surface area contributed by atoms with Crippen LogP contribution in [0.3, 0.4) is 0 Å². The summed E-state index contributed by atoms with van der Waals surface area (Å²) in [4.78, 5) is 0.271. The molecule has 0 radical (unpaired) electrons. The normalized spacial score (nSPS) is 24.0. The number of benzene rings is 1. The van der Waals surface area contributed by atoms with Crippen molar-refractivity contribution in [2.24, 2.45) is 9.18 Å². The molecule has 0 bridgehead atoms. The average molecular weight is 372 g/mol. The molecule has 0 amide bonds. The maximum absolute atomic E-state index is 12.4. The molecule has 0 atom stereocenters. The first kappa shape index (κ1) is 18.0. The molecule has 7 heteroatoms. The van der Waals surface area contributed by atoms with E-state index in [-0.39, 0.29) is 10.3 Å². The fourth-order valence-electron chi connectivity index (χ4n) is 2.77. The summed E-state index contributed by atoms with van der Waals surface area (Å²) in [5.41, 5.74) is 1.08. The summed E-state index contributed by atoms with van der Waals surface area (Å²) in [6.07, 6.45) is 1.41. The van der Waals surface area contributed by atoms with Crippen LogP contribution in [0.2, 0.25) is 0 Å². The lowest BCUT2D eigenvalue weighted by Crippen LogP contribution is -2.50.